The highest BCUT2D eigenvalue weighted by atomic mass is 32.2. The maximum atomic E-state index is 12.9. The van der Waals surface area contributed by atoms with Gasteiger partial charge in [-0.05, 0) is 24.3 Å². The van der Waals surface area contributed by atoms with Gasteiger partial charge >= 0.3 is 0 Å². The summed E-state index contributed by atoms with van der Waals surface area (Å²) < 4.78 is 44.5. The average Bonchev–Trinajstić information content (AvgIpc) is 2.96. The number of nitrogens with one attached hydrogen (secondary N) is 1. The lowest BCUT2D eigenvalue weighted by atomic mass is 10.2. The summed E-state index contributed by atoms with van der Waals surface area (Å²) in [5.41, 5.74) is 0.780. The molecule has 0 saturated heterocycles. The third-order valence-corrected chi connectivity index (χ3v) is 4.30. The van der Waals surface area contributed by atoms with Gasteiger partial charge in [0, 0.05) is 11.6 Å². The summed E-state index contributed by atoms with van der Waals surface area (Å²) in [4.78, 5) is -0.0573. The van der Waals surface area contributed by atoms with Crippen LogP contribution in [0.25, 0.3) is 11.3 Å². The molecule has 0 saturated carbocycles. The van der Waals surface area contributed by atoms with Crippen LogP contribution in [0, 0.1) is 5.82 Å². The van der Waals surface area contributed by atoms with Gasteiger partial charge in [0.1, 0.15) is 5.82 Å². The summed E-state index contributed by atoms with van der Waals surface area (Å²) in [5.74, 6) is -0.00710. The molecule has 0 amide bonds. The molecule has 0 aliphatic rings. The molecule has 0 atom stereocenters. The third kappa shape index (κ3) is 2.99. The quantitative estimate of drug-likeness (QED) is 0.801. The molecule has 22 heavy (non-hydrogen) atoms. The van der Waals surface area contributed by atoms with Crippen LogP contribution in [0.15, 0.2) is 70.1 Å². The van der Waals surface area contributed by atoms with Crippen LogP contribution in [0.4, 0.5) is 10.2 Å². The minimum Gasteiger partial charge on any atom is -0.354 e. The summed E-state index contributed by atoms with van der Waals surface area (Å²) >= 11 is 0. The van der Waals surface area contributed by atoms with Crippen LogP contribution in [0.1, 0.15) is 0 Å². The predicted octanol–water partition coefficient (Wildman–Crippen LogP) is 3.28. The van der Waals surface area contributed by atoms with Crippen LogP contribution in [-0.2, 0) is 10.0 Å². The second-order valence-corrected chi connectivity index (χ2v) is 6.18. The van der Waals surface area contributed by atoms with Crippen molar-refractivity contribution in [1.29, 1.82) is 0 Å². The second-order valence-electron chi connectivity index (χ2n) is 4.50. The monoisotopic (exact) mass is 318 g/mol. The fourth-order valence-corrected chi connectivity index (χ4v) is 2.86. The fraction of sp³-hybridized carbons (Fsp3) is 0. The van der Waals surface area contributed by atoms with Crippen molar-refractivity contribution in [2.24, 2.45) is 0 Å². The van der Waals surface area contributed by atoms with Crippen molar-refractivity contribution >= 4 is 15.8 Å². The number of nitrogens with zero attached hydrogens (tertiary/aromatic N) is 1. The number of hydrogen-bond donors (Lipinski definition) is 1. The van der Waals surface area contributed by atoms with E-state index in [1.54, 1.807) is 0 Å². The highest BCUT2D eigenvalue weighted by molar-refractivity contribution is 7.92. The zero-order valence-corrected chi connectivity index (χ0v) is 12.0. The van der Waals surface area contributed by atoms with Gasteiger partial charge in [-0.25, -0.2) is 12.8 Å². The zero-order valence-electron chi connectivity index (χ0n) is 11.2. The largest absolute Gasteiger partial charge is 0.354 e. The van der Waals surface area contributed by atoms with E-state index >= 15 is 0 Å². The molecule has 2 aromatic carbocycles. The van der Waals surface area contributed by atoms with E-state index in [1.807, 2.05) is 30.3 Å². The summed E-state index contributed by atoms with van der Waals surface area (Å²) in [6, 6.07) is 15.2. The lowest BCUT2D eigenvalue weighted by Crippen LogP contribution is -2.13. The highest BCUT2D eigenvalue weighted by Crippen LogP contribution is 2.23. The van der Waals surface area contributed by atoms with Gasteiger partial charge in [-0.15, -0.1) is 0 Å². The molecule has 1 N–H and O–H groups in total. The van der Waals surface area contributed by atoms with E-state index in [4.69, 9.17) is 4.52 Å². The van der Waals surface area contributed by atoms with Crippen molar-refractivity contribution in [3.8, 4) is 11.3 Å². The maximum absolute atomic E-state index is 12.9. The van der Waals surface area contributed by atoms with Gasteiger partial charge in [-0.2, -0.15) is 0 Å². The summed E-state index contributed by atoms with van der Waals surface area (Å²) in [7, 11) is -3.84. The van der Waals surface area contributed by atoms with Crippen molar-refractivity contribution in [2.75, 3.05) is 4.72 Å². The Morgan fingerprint density at radius 2 is 1.68 bits per heavy atom. The average molecular weight is 318 g/mol. The minimum absolute atomic E-state index is 0.0573. The molecular formula is C15H11FN2O3S. The first kappa shape index (κ1) is 14.3. The van der Waals surface area contributed by atoms with Gasteiger partial charge in [0.2, 0.25) is 0 Å². The molecule has 1 aromatic heterocycles. The van der Waals surface area contributed by atoms with Crippen molar-refractivity contribution in [2.45, 2.75) is 4.90 Å². The second kappa shape index (κ2) is 5.61. The van der Waals surface area contributed by atoms with Crippen molar-refractivity contribution in [3.63, 3.8) is 0 Å². The molecule has 0 aliphatic heterocycles. The SMILES string of the molecule is O=S(=O)(Nc1cc(-c2ccccc2)on1)c1ccc(F)cc1. The number of sulfonamides is 1. The number of anilines is 1. The van der Waals surface area contributed by atoms with Crippen LogP contribution in [0.5, 0.6) is 0 Å². The van der Waals surface area contributed by atoms with Crippen LogP contribution in [-0.4, -0.2) is 13.6 Å². The first-order chi connectivity index (χ1) is 10.5. The Kier molecular flexibility index (Phi) is 3.64. The minimum atomic E-state index is -3.84. The van der Waals surface area contributed by atoms with Gasteiger partial charge in [0.15, 0.2) is 11.6 Å². The van der Waals surface area contributed by atoms with E-state index in [1.165, 1.54) is 18.2 Å². The lowest BCUT2D eigenvalue weighted by molar-refractivity contribution is 0.435. The molecule has 0 aliphatic carbocycles. The van der Waals surface area contributed by atoms with Gasteiger partial charge in [-0.1, -0.05) is 35.5 Å². The van der Waals surface area contributed by atoms with E-state index in [2.05, 4.69) is 9.88 Å². The number of aromatic nitrogens is 1. The zero-order chi connectivity index (χ0) is 15.6. The van der Waals surface area contributed by atoms with E-state index in [9.17, 15) is 12.8 Å². The molecule has 1 heterocycles. The number of benzene rings is 2. The Morgan fingerprint density at radius 3 is 2.36 bits per heavy atom. The number of halogens is 1. The molecule has 0 bridgehead atoms. The molecule has 0 radical (unpaired) electrons. The summed E-state index contributed by atoms with van der Waals surface area (Å²) in [6.07, 6.45) is 0. The number of hydrogen-bond acceptors (Lipinski definition) is 4. The fourth-order valence-electron chi connectivity index (χ4n) is 1.87. The van der Waals surface area contributed by atoms with E-state index in [-0.39, 0.29) is 10.7 Å². The lowest BCUT2D eigenvalue weighted by Gasteiger charge is -2.04. The topological polar surface area (TPSA) is 72.2 Å². The Bertz CT molecular complexity index is 875. The van der Waals surface area contributed by atoms with Crippen LogP contribution >= 0.6 is 0 Å². The molecule has 0 unspecified atom stereocenters. The van der Waals surface area contributed by atoms with Crippen molar-refractivity contribution < 1.29 is 17.3 Å². The normalized spacial score (nSPS) is 11.3. The Hall–Kier alpha value is -2.67. The molecule has 3 aromatic rings. The summed E-state index contributed by atoms with van der Waals surface area (Å²) in [6.45, 7) is 0. The molecular weight excluding hydrogens is 307 g/mol. The Morgan fingerprint density at radius 1 is 1.00 bits per heavy atom. The van der Waals surface area contributed by atoms with Crippen LogP contribution < -0.4 is 4.72 Å². The van der Waals surface area contributed by atoms with E-state index in [0.717, 1.165) is 17.7 Å². The highest BCUT2D eigenvalue weighted by Gasteiger charge is 2.17. The standard InChI is InChI=1S/C15H11FN2O3S/c16-12-6-8-13(9-7-12)22(19,20)18-15-10-14(21-17-15)11-4-2-1-3-5-11/h1-10H,(H,17,18). The van der Waals surface area contributed by atoms with Gasteiger partial charge in [0.25, 0.3) is 10.0 Å². The van der Waals surface area contributed by atoms with Gasteiger partial charge in [0.05, 0.1) is 4.90 Å². The smallest absolute Gasteiger partial charge is 0.263 e. The molecule has 0 fully saturated rings. The maximum Gasteiger partial charge on any atom is 0.263 e. The van der Waals surface area contributed by atoms with E-state index < -0.39 is 15.8 Å². The number of rotatable bonds is 4. The van der Waals surface area contributed by atoms with Crippen molar-refractivity contribution in [3.05, 3.63) is 66.5 Å². The van der Waals surface area contributed by atoms with Gasteiger partial charge < -0.3 is 4.52 Å². The predicted molar refractivity (Wildman–Crippen MR) is 79.1 cm³/mol. The summed E-state index contributed by atoms with van der Waals surface area (Å²) in [5, 5.41) is 3.68. The third-order valence-electron chi connectivity index (χ3n) is 2.93. The van der Waals surface area contributed by atoms with Gasteiger partial charge in [-0.3, -0.25) is 4.72 Å². The molecule has 7 heteroatoms. The molecule has 3 rings (SSSR count). The van der Waals surface area contributed by atoms with Crippen molar-refractivity contribution in [1.82, 2.24) is 5.16 Å². The molecule has 5 nitrogen and oxygen atoms in total. The van der Waals surface area contributed by atoms with E-state index in [0.29, 0.717) is 5.76 Å². The van der Waals surface area contributed by atoms with Crippen LogP contribution in [0.3, 0.4) is 0 Å². The Labute approximate surface area is 126 Å². The van der Waals surface area contributed by atoms with Crippen LogP contribution in [0.2, 0.25) is 0 Å². The Balaban J connectivity index is 1.84. The molecule has 112 valence electrons. The first-order valence-corrected chi connectivity index (χ1v) is 7.83. The first-order valence-electron chi connectivity index (χ1n) is 6.35. The molecule has 0 spiro atoms.